The van der Waals surface area contributed by atoms with Crippen molar-refractivity contribution in [3.63, 3.8) is 0 Å². The summed E-state index contributed by atoms with van der Waals surface area (Å²) in [6.45, 7) is -1.25. The molecule has 0 radical (unpaired) electrons. The fraction of sp³-hybridized carbons (Fsp3) is 0.500. The molecule has 0 heterocycles. The largest absolute Gasteiger partial charge is 0.413 e. The SMILES string of the molecule is FC(F)(F)CONC1CCc2cc(Br)ccc2C1. The van der Waals surface area contributed by atoms with E-state index in [9.17, 15) is 13.2 Å². The Morgan fingerprint density at radius 2 is 2.11 bits per heavy atom. The van der Waals surface area contributed by atoms with Gasteiger partial charge in [0.05, 0.1) is 0 Å². The van der Waals surface area contributed by atoms with Crippen molar-refractivity contribution < 1.29 is 18.0 Å². The van der Waals surface area contributed by atoms with Crippen LogP contribution in [0.1, 0.15) is 17.5 Å². The van der Waals surface area contributed by atoms with Gasteiger partial charge in [0.25, 0.3) is 0 Å². The number of hydroxylamine groups is 1. The maximum Gasteiger partial charge on any atom is 0.413 e. The third-order valence-electron chi connectivity index (χ3n) is 2.88. The summed E-state index contributed by atoms with van der Waals surface area (Å²) in [5.74, 6) is 0. The molecule has 0 amide bonds. The first-order valence-corrected chi connectivity index (χ1v) is 6.45. The van der Waals surface area contributed by atoms with Crippen LogP contribution < -0.4 is 5.48 Å². The molecule has 1 aromatic rings. The van der Waals surface area contributed by atoms with E-state index in [4.69, 9.17) is 0 Å². The molecule has 0 aromatic heterocycles. The lowest BCUT2D eigenvalue weighted by molar-refractivity contribution is -0.193. The van der Waals surface area contributed by atoms with E-state index in [0.29, 0.717) is 6.42 Å². The van der Waals surface area contributed by atoms with Crippen molar-refractivity contribution in [1.29, 1.82) is 0 Å². The average molecular weight is 324 g/mol. The van der Waals surface area contributed by atoms with E-state index in [-0.39, 0.29) is 6.04 Å². The van der Waals surface area contributed by atoms with Crippen molar-refractivity contribution in [2.24, 2.45) is 0 Å². The number of hydrogen-bond donors (Lipinski definition) is 1. The first kappa shape index (κ1) is 13.8. The Balaban J connectivity index is 1.86. The Morgan fingerprint density at radius 1 is 1.33 bits per heavy atom. The molecule has 2 rings (SSSR count). The van der Waals surface area contributed by atoms with Gasteiger partial charge in [0.15, 0.2) is 6.61 Å². The Labute approximate surface area is 112 Å². The minimum atomic E-state index is -4.29. The quantitative estimate of drug-likeness (QED) is 0.861. The Bertz CT molecular complexity index is 422. The Kier molecular flexibility index (Phi) is 4.29. The molecule has 0 spiro atoms. The van der Waals surface area contributed by atoms with E-state index in [1.165, 1.54) is 5.56 Å². The summed E-state index contributed by atoms with van der Waals surface area (Å²) in [4.78, 5) is 4.49. The van der Waals surface area contributed by atoms with Gasteiger partial charge in [-0.1, -0.05) is 22.0 Å². The van der Waals surface area contributed by atoms with E-state index >= 15 is 0 Å². The highest BCUT2D eigenvalue weighted by Crippen LogP contribution is 2.25. The maximum absolute atomic E-state index is 11.9. The molecule has 1 atom stereocenters. The lowest BCUT2D eigenvalue weighted by atomic mass is 9.89. The van der Waals surface area contributed by atoms with Crippen LogP contribution in [-0.2, 0) is 17.7 Å². The summed E-state index contributed by atoms with van der Waals surface area (Å²) in [5.41, 5.74) is 4.91. The number of halogens is 4. The van der Waals surface area contributed by atoms with Gasteiger partial charge in [-0.05, 0) is 42.5 Å². The zero-order chi connectivity index (χ0) is 13.2. The molecule has 0 aliphatic heterocycles. The van der Waals surface area contributed by atoms with E-state index in [2.05, 4.69) is 32.3 Å². The molecular weight excluding hydrogens is 311 g/mol. The van der Waals surface area contributed by atoms with E-state index in [0.717, 1.165) is 22.9 Å². The zero-order valence-corrected chi connectivity index (χ0v) is 11.1. The summed E-state index contributed by atoms with van der Waals surface area (Å²) >= 11 is 3.40. The van der Waals surface area contributed by atoms with Crippen molar-refractivity contribution in [3.8, 4) is 0 Å². The van der Waals surface area contributed by atoms with E-state index < -0.39 is 12.8 Å². The standard InChI is InChI=1S/C12H13BrF3NO/c13-10-3-1-9-6-11(4-2-8(9)5-10)17-18-7-12(14,15)16/h1,3,5,11,17H,2,4,6-7H2. The van der Waals surface area contributed by atoms with Gasteiger partial charge in [0.1, 0.15) is 0 Å². The molecule has 100 valence electrons. The van der Waals surface area contributed by atoms with Gasteiger partial charge >= 0.3 is 6.18 Å². The third kappa shape index (κ3) is 3.96. The Morgan fingerprint density at radius 3 is 2.83 bits per heavy atom. The average Bonchev–Trinajstić information content (AvgIpc) is 2.27. The van der Waals surface area contributed by atoms with Crippen LogP contribution in [0.4, 0.5) is 13.2 Å². The molecule has 1 aromatic carbocycles. The first-order valence-electron chi connectivity index (χ1n) is 5.65. The van der Waals surface area contributed by atoms with Crippen LogP contribution in [0.15, 0.2) is 22.7 Å². The van der Waals surface area contributed by atoms with Crippen LogP contribution in [0.5, 0.6) is 0 Å². The van der Waals surface area contributed by atoms with Crippen molar-refractivity contribution in [2.45, 2.75) is 31.5 Å². The molecule has 2 nitrogen and oxygen atoms in total. The second kappa shape index (κ2) is 5.59. The topological polar surface area (TPSA) is 21.3 Å². The number of benzene rings is 1. The zero-order valence-electron chi connectivity index (χ0n) is 9.56. The highest BCUT2D eigenvalue weighted by Gasteiger charge is 2.28. The molecule has 1 unspecified atom stereocenters. The van der Waals surface area contributed by atoms with Gasteiger partial charge in [0.2, 0.25) is 0 Å². The molecule has 18 heavy (non-hydrogen) atoms. The predicted octanol–water partition coefficient (Wildman–Crippen LogP) is 3.39. The van der Waals surface area contributed by atoms with Crippen molar-refractivity contribution in [1.82, 2.24) is 5.48 Å². The summed E-state index contributed by atoms with van der Waals surface area (Å²) in [5, 5.41) is 0. The highest BCUT2D eigenvalue weighted by molar-refractivity contribution is 9.10. The first-order chi connectivity index (χ1) is 8.44. The van der Waals surface area contributed by atoms with Crippen LogP contribution in [0, 0.1) is 0 Å². The van der Waals surface area contributed by atoms with Gasteiger partial charge < -0.3 is 0 Å². The molecule has 0 saturated carbocycles. The molecule has 1 aliphatic carbocycles. The smallest absolute Gasteiger partial charge is 0.292 e. The van der Waals surface area contributed by atoms with Gasteiger partial charge in [-0.25, -0.2) is 0 Å². The molecule has 1 aliphatic rings. The number of aryl methyl sites for hydroxylation is 1. The number of rotatable bonds is 3. The van der Waals surface area contributed by atoms with E-state index in [1.54, 1.807) is 0 Å². The van der Waals surface area contributed by atoms with Gasteiger partial charge in [-0.3, -0.25) is 4.84 Å². The minimum Gasteiger partial charge on any atom is -0.292 e. The van der Waals surface area contributed by atoms with Gasteiger partial charge in [-0.15, -0.1) is 0 Å². The number of alkyl halides is 3. The van der Waals surface area contributed by atoms with Gasteiger partial charge in [0, 0.05) is 10.5 Å². The van der Waals surface area contributed by atoms with Crippen LogP contribution in [0.25, 0.3) is 0 Å². The van der Waals surface area contributed by atoms with Crippen molar-refractivity contribution in [3.05, 3.63) is 33.8 Å². The normalized spacial score (nSPS) is 19.7. The summed E-state index contributed by atoms with van der Waals surface area (Å²) in [7, 11) is 0. The van der Waals surface area contributed by atoms with Crippen molar-refractivity contribution >= 4 is 15.9 Å². The second-order valence-electron chi connectivity index (χ2n) is 4.37. The number of nitrogens with one attached hydrogen (secondary N) is 1. The predicted molar refractivity (Wildman–Crippen MR) is 65.1 cm³/mol. The Hall–Kier alpha value is -0.590. The van der Waals surface area contributed by atoms with Crippen LogP contribution >= 0.6 is 15.9 Å². The second-order valence-corrected chi connectivity index (χ2v) is 5.29. The van der Waals surface area contributed by atoms with Crippen molar-refractivity contribution in [2.75, 3.05) is 6.61 Å². The molecule has 0 bridgehead atoms. The molecule has 0 fully saturated rings. The highest BCUT2D eigenvalue weighted by atomic mass is 79.9. The molecule has 6 heteroatoms. The lowest BCUT2D eigenvalue weighted by Crippen LogP contribution is -2.37. The summed E-state index contributed by atoms with van der Waals surface area (Å²) < 4.78 is 36.8. The molecular formula is C12H13BrF3NO. The third-order valence-corrected chi connectivity index (χ3v) is 3.38. The minimum absolute atomic E-state index is 0.0546. The molecule has 1 N–H and O–H groups in total. The van der Waals surface area contributed by atoms with Crippen LogP contribution in [-0.4, -0.2) is 18.8 Å². The van der Waals surface area contributed by atoms with Crippen LogP contribution in [0.2, 0.25) is 0 Å². The number of fused-ring (bicyclic) bond motifs is 1. The summed E-state index contributed by atoms with van der Waals surface area (Å²) in [6, 6.07) is 5.94. The maximum atomic E-state index is 11.9. The van der Waals surface area contributed by atoms with Gasteiger partial charge in [-0.2, -0.15) is 18.7 Å². The number of hydrogen-bond acceptors (Lipinski definition) is 2. The fourth-order valence-corrected chi connectivity index (χ4v) is 2.47. The summed E-state index contributed by atoms with van der Waals surface area (Å²) in [6.07, 6.45) is -1.96. The fourth-order valence-electron chi connectivity index (χ4n) is 2.07. The monoisotopic (exact) mass is 323 g/mol. The lowest BCUT2D eigenvalue weighted by Gasteiger charge is -2.25. The van der Waals surface area contributed by atoms with Crippen LogP contribution in [0.3, 0.4) is 0 Å². The van der Waals surface area contributed by atoms with E-state index in [1.807, 2.05) is 12.1 Å². The molecule has 0 saturated heterocycles.